The van der Waals surface area contributed by atoms with E-state index >= 15 is 0 Å². The van der Waals surface area contributed by atoms with Crippen molar-refractivity contribution in [2.75, 3.05) is 0 Å². The third-order valence-electron chi connectivity index (χ3n) is 5.14. The first-order chi connectivity index (χ1) is 15.7. The van der Waals surface area contributed by atoms with Crippen LogP contribution in [0.3, 0.4) is 0 Å². The van der Waals surface area contributed by atoms with Gasteiger partial charge in [-0.3, -0.25) is 4.79 Å². The van der Waals surface area contributed by atoms with E-state index in [9.17, 15) is 19.4 Å². The Morgan fingerprint density at radius 3 is 2.15 bits per heavy atom. The fourth-order valence-electron chi connectivity index (χ4n) is 3.45. The zero-order valence-corrected chi connectivity index (χ0v) is 18.5. The average Bonchev–Trinajstić information content (AvgIpc) is 2.77. The molecule has 2 aromatic carbocycles. The van der Waals surface area contributed by atoms with Gasteiger partial charge in [0.15, 0.2) is 5.82 Å². The van der Waals surface area contributed by atoms with Gasteiger partial charge in [0, 0.05) is 23.7 Å². The molecule has 7 heteroatoms. The number of carboxylic acids is 1. The van der Waals surface area contributed by atoms with E-state index in [4.69, 9.17) is 10.1 Å². The van der Waals surface area contributed by atoms with E-state index in [1.807, 2.05) is 38.1 Å². The van der Waals surface area contributed by atoms with E-state index in [1.165, 1.54) is 18.2 Å². The molecule has 6 nitrogen and oxygen atoms in total. The lowest BCUT2D eigenvalue weighted by Crippen LogP contribution is -2.19. The minimum Gasteiger partial charge on any atom is -0.481 e. The van der Waals surface area contributed by atoms with Crippen molar-refractivity contribution in [2.24, 2.45) is 0 Å². The first-order valence-corrected chi connectivity index (χ1v) is 10.7. The van der Waals surface area contributed by atoms with Crippen molar-refractivity contribution >= 4 is 12.0 Å². The minimum absolute atomic E-state index is 0.0703. The van der Waals surface area contributed by atoms with E-state index in [0.717, 1.165) is 27.9 Å². The number of halogens is 1. The summed E-state index contributed by atoms with van der Waals surface area (Å²) >= 11 is 0. The highest BCUT2D eigenvalue weighted by molar-refractivity contribution is 5.68. The number of nitrogens with zero attached hydrogens (tertiary/aromatic N) is 2. The molecule has 0 amide bonds. The monoisotopic (exact) mass is 450 g/mol. The van der Waals surface area contributed by atoms with Crippen molar-refractivity contribution in [2.45, 2.75) is 44.8 Å². The third-order valence-corrected chi connectivity index (χ3v) is 5.14. The molecule has 33 heavy (non-hydrogen) atoms. The van der Waals surface area contributed by atoms with Gasteiger partial charge in [0.05, 0.1) is 24.3 Å². The molecule has 0 saturated heterocycles. The lowest BCUT2D eigenvalue weighted by molar-refractivity contribution is -0.139. The van der Waals surface area contributed by atoms with Crippen LogP contribution in [0.5, 0.6) is 0 Å². The zero-order chi connectivity index (χ0) is 24.0. The molecule has 0 radical (unpaired) electrons. The van der Waals surface area contributed by atoms with E-state index in [1.54, 1.807) is 24.4 Å². The van der Waals surface area contributed by atoms with E-state index in [2.05, 4.69) is 4.98 Å². The van der Waals surface area contributed by atoms with Crippen LogP contribution in [0.15, 0.2) is 60.8 Å². The van der Waals surface area contributed by atoms with E-state index in [-0.39, 0.29) is 18.2 Å². The fourth-order valence-corrected chi connectivity index (χ4v) is 3.45. The Kier molecular flexibility index (Phi) is 8.03. The van der Waals surface area contributed by atoms with Crippen molar-refractivity contribution in [3.63, 3.8) is 0 Å². The molecule has 172 valence electrons. The average molecular weight is 451 g/mol. The predicted molar refractivity (Wildman–Crippen MR) is 125 cm³/mol. The second-order valence-electron chi connectivity index (χ2n) is 8.19. The Balaban J connectivity index is 1.78. The Labute approximate surface area is 192 Å². The number of aliphatic hydroxyl groups is 2. The van der Waals surface area contributed by atoms with E-state index in [0.29, 0.717) is 5.82 Å². The van der Waals surface area contributed by atoms with Gasteiger partial charge in [-0.05, 0) is 29.2 Å². The third kappa shape index (κ3) is 6.78. The summed E-state index contributed by atoms with van der Waals surface area (Å²) in [7, 11) is 0. The van der Waals surface area contributed by atoms with Crippen LogP contribution in [-0.4, -0.2) is 43.5 Å². The molecule has 0 saturated carbocycles. The van der Waals surface area contributed by atoms with Crippen molar-refractivity contribution < 1.29 is 24.5 Å². The van der Waals surface area contributed by atoms with Crippen LogP contribution >= 0.6 is 0 Å². The number of carboxylic acid groups (broad SMARTS) is 1. The van der Waals surface area contributed by atoms with Crippen molar-refractivity contribution in [3.8, 4) is 22.5 Å². The van der Waals surface area contributed by atoms with Crippen LogP contribution in [0.4, 0.5) is 4.39 Å². The van der Waals surface area contributed by atoms with Gasteiger partial charge in [-0.1, -0.05) is 62.4 Å². The molecule has 2 unspecified atom stereocenters. The van der Waals surface area contributed by atoms with Gasteiger partial charge in [0.1, 0.15) is 5.82 Å². The zero-order valence-electron chi connectivity index (χ0n) is 18.5. The molecule has 0 bridgehead atoms. The van der Waals surface area contributed by atoms with Crippen LogP contribution in [0, 0.1) is 5.82 Å². The summed E-state index contributed by atoms with van der Waals surface area (Å²) in [4.78, 5) is 19.8. The highest BCUT2D eigenvalue weighted by Gasteiger charge is 2.15. The van der Waals surface area contributed by atoms with Gasteiger partial charge >= 0.3 is 5.97 Å². The molecule has 0 aliphatic rings. The largest absolute Gasteiger partial charge is 0.481 e. The number of carbonyl (C=O) groups is 1. The summed E-state index contributed by atoms with van der Waals surface area (Å²) < 4.78 is 13.2. The van der Waals surface area contributed by atoms with Crippen molar-refractivity contribution in [3.05, 3.63) is 77.9 Å². The smallest absolute Gasteiger partial charge is 0.305 e. The molecule has 3 aromatic rings. The number of rotatable bonds is 9. The summed E-state index contributed by atoms with van der Waals surface area (Å²) in [6.45, 7) is 4.02. The first kappa shape index (κ1) is 24.2. The van der Waals surface area contributed by atoms with Crippen molar-refractivity contribution in [1.82, 2.24) is 9.97 Å². The lowest BCUT2D eigenvalue weighted by Gasteiger charge is -2.13. The molecule has 3 N–H and O–H groups in total. The Morgan fingerprint density at radius 1 is 1.00 bits per heavy atom. The Morgan fingerprint density at radius 2 is 1.58 bits per heavy atom. The topological polar surface area (TPSA) is 104 Å². The molecular formula is C26H27FN2O4. The number of aliphatic hydroxyl groups excluding tert-OH is 2. The maximum Gasteiger partial charge on any atom is 0.305 e. The van der Waals surface area contributed by atoms with Gasteiger partial charge < -0.3 is 15.3 Å². The van der Waals surface area contributed by atoms with Crippen LogP contribution in [0.1, 0.15) is 43.9 Å². The quantitative estimate of drug-likeness (QED) is 0.438. The highest BCUT2D eigenvalue weighted by Crippen LogP contribution is 2.26. The lowest BCUT2D eigenvalue weighted by atomic mass is 10.0. The summed E-state index contributed by atoms with van der Waals surface area (Å²) in [6, 6.07) is 14.0. The molecular weight excluding hydrogens is 423 g/mol. The van der Waals surface area contributed by atoms with Gasteiger partial charge in [-0.15, -0.1) is 0 Å². The molecule has 1 heterocycles. The van der Waals surface area contributed by atoms with Gasteiger partial charge in [0.25, 0.3) is 0 Å². The Bertz CT molecular complexity index is 1110. The number of aromatic nitrogens is 2. The molecule has 0 fully saturated rings. The van der Waals surface area contributed by atoms with Crippen LogP contribution < -0.4 is 0 Å². The summed E-state index contributed by atoms with van der Waals surface area (Å²) in [5, 5.41) is 28.5. The van der Waals surface area contributed by atoms with Crippen LogP contribution in [-0.2, 0) is 4.79 Å². The summed E-state index contributed by atoms with van der Waals surface area (Å²) in [6.07, 6.45) is 2.28. The fraction of sp³-hybridized carbons (Fsp3) is 0.269. The number of benzene rings is 2. The second kappa shape index (κ2) is 10.9. The highest BCUT2D eigenvalue weighted by atomic mass is 19.1. The number of hydrogen-bond donors (Lipinski definition) is 3. The SMILES string of the molecule is CC(C)c1nc(-c2ccc(-c3ccc(F)cc3)cc2)ncc1/C=C/C(O)CC(O)CC(=O)O. The van der Waals surface area contributed by atoms with Gasteiger partial charge in [0.2, 0.25) is 0 Å². The maximum absolute atomic E-state index is 13.2. The first-order valence-electron chi connectivity index (χ1n) is 10.7. The number of aliphatic carboxylic acids is 1. The molecule has 0 aliphatic carbocycles. The Hall–Kier alpha value is -3.42. The summed E-state index contributed by atoms with van der Waals surface area (Å²) in [5.41, 5.74) is 4.26. The molecule has 1 aromatic heterocycles. The molecule has 2 atom stereocenters. The normalized spacial score (nSPS) is 13.4. The van der Waals surface area contributed by atoms with Crippen LogP contribution in [0.2, 0.25) is 0 Å². The molecule has 0 aliphatic heterocycles. The predicted octanol–water partition coefficient (Wildman–Crippen LogP) is 4.67. The standard InChI is InChI=1S/C26H27FN2O4/c1-16(2)25-20(9-12-22(30)13-23(31)14-24(32)33)15-28-26(29-25)19-5-3-17(4-6-19)18-7-10-21(27)11-8-18/h3-12,15-16,22-23,30-31H,13-14H2,1-2H3,(H,32,33)/b12-9+. The number of hydrogen-bond acceptors (Lipinski definition) is 5. The van der Waals surface area contributed by atoms with Crippen molar-refractivity contribution in [1.29, 1.82) is 0 Å². The van der Waals surface area contributed by atoms with Gasteiger partial charge in [-0.25, -0.2) is 14.4 Å². The minimum atomic E-state index is -1.12. The summed E-state index contributed by atoms with van der Waals surface area (Å²) in [5.74, 6) is -0.725. The molecule has 0 spiro atoms. The van der Waals surface area contributed by atoms with Crippen LogP contribution in [0.25, 0.3) is 28.6 Å². The molecule has 3 rings (SSSR count). The second-order valence-corrected chi connectivity index (χ2v) is 8.19. The van der Waals surface area contributed by atoms with E-state index < -0.39 is 24.6 Å². The van der Waals surface area contributed by atoms with Gasteiger partial charge in [-0.2, -0.15) is 0 Å². The maximum atomic E-state index is 13.2.